The molecule has 7 nitrogen and oxygen atoms in total. The van der Waals surface area contributed by atoms with Gasteiger partial charge >= 0.3 is 0 Å². The number of amides is 1. The Balaban J connectivity index is 1.82. The van der Waals surface area contributed by atoms with Gasteiger partial charge in [0.25, 0.3) is 5.91 Å². The van der Waals surface area contributed by atoms with Crippen molar-refractivity contribution in [2.24, 2.45) is 7.05 Å². The van der Waals surface area contributed by atoms with Crippen LogP contribution in [-0.4, -0.2) is 27.8 Å². The topological polar surface area (TPSA) is 73.4 Å². The van der Waals surface area contributed by atoms with Crippen molar-refractivity contribution >= 4 is 44.2 Å². The predicted molar refractivity (Wildman–Crippen MR) is 108 cm³/mol. The van der Waals surface area contributed by atoms with Gasteiger partial charge in [-0.1, -0.05) is 22.9 Å². The highest BCUT2D eigenvalue weighted by molar-refractivity contribution is 7.23. The van der Waals surface area contributed by atoms with Crippen LogP contribution >= 0.6 is 22.9 Å². The Bertz CT molecular complexity index is 1130. The number of anilines is 1. The molecule has 0 fully saturated rings. The van der Waals surface area contributed by atoms with Crippen molar-refractivity contribution in [2.45, 2.75) is 13.5 Å². The van der Waals surface area contributed by atoms with Crippen LogP contribution in [0.25, 0.3) is 10.2 Å². The summed E-state index contributed by atoms with van der Waals surface area (Å²) in [5, 5.41) is 5.36. The number of fused-ring (bicyclic) bond motifs is 1. The molecule has 28 heavy (non-hydrogen) atoms. The van der Waals surface area contributed by atoms with Crippen LogP contribution in [0.5, 0.6) is 5.75 Å². The van der Waals surface area contributed by atoms with E-state index in [1.54, 1.807) is 54.3 Å². The summed E-state index contributed by atoms with van der Waals surface area (Å²) in [4.78, 5) is 19.4. The summed E-state index contributed by atoms with van der Waals surface area (Å²) in [6, 6.07) is 8.85. The molecule has 0 saturated carbocycles. The smallest absolute Gasteiger partial charge is 0.280 e. The van der Waals surface area contributed by atoms with Gasteiger partial charge in [0.15, 0.2) is 10.8 Å². The molecule has 0 aliphatic heterocycles. The summed E-state index contributed by atoms with van der Waals surface area (Å²) in [5.41, 5.74) is 1.84. The van der Waals surface area contributed by atoms with E-state index in [1.165, 1.54) is 11.3 Å². The summed E-state index contributed by atoms with van der Waals surface area (Å²) in [7, 11) is 3.37. The molecule has 0 spiro atoms. The first-order valence-electron chi connectivity index (χ1n) is 8.46. The normalized spacial score (nSPS) is 11.1. The van der Waals surface area contributed by atoms with Crippen LogP contribution in [0.4, 0.5) is 5.13 Å². The summed E-state index contributed by atoms with van der Waals surface area (Å²) in [6.45, 7) is 2.12. The third-order valence-corrected chi connectivity index (χ3v) is 5.91. The van der Waals surface area contributed by atoms with E-state index in [0.29, 0.717) is 32.9 Å². The average Bonchev–Trinajstić information content (AvgIpc) is 3.41. The Kier molecular flexibility index (Phi) is 4.82. The van der Waals surface area contributed by atoms with Crippen molar-refractivity contribution in [2.75, 3.05) is 12.0 Å². The number of thiazole rings is 1. The van der Waals surface area contributed by atoms with Gasteiger partial charge in [-0.05, 0) is 37.3 Å². The maximum Gasteiger partial charge on any atom is 0.280 e. The van der Waals surface area contributed by atoms with Gasteiger partial charge in [0, 0.05) is 12.7 Å². The fourth-order valence-electron chi connectivity index (χ4n) is 2.81. The van der Waals surface area contributed by atoms with Gasteiger partial charge < -0.3 is 9.15 Å². The Labute approximate surface area is 170 Å². The fourth-order valence-corrected chi connectivity index (χ4v) is 4.06. The minimum Gasteiger partial charge on any atom is -0.494 e. The SMILES string of the molecule is COc1ccc(Cl)c2sc(N(Cc3ccco3)C(=O)c3cc(C)n(C)n3)nc12. The van der Waals surface area contributed by atoms with Crippen molar-refractivity contribution in [3.05, 3.63) is 58.8 Å². The largest absolute Gasteiger partial charge is 0.494 e. The van der Waals surface area contributed by atoms with Gasteiger partial charge in [0.2, 0.25) is 0 Å². The molecule has 144 valence electrons. The van der Waals surface area contributed by atoms with Crippen LogP contribution in [0.15, 0.2) is 41.0 Å². The highest BCUT2D eigenvalue weighted by Gasteiger charge is 2.26. The molecule has 3 aromatic heterocycles. The Morgan fingerprint density at radius 2 is 2.21 bits per heavy atom. The number of methoxy groups -OCH3 is 1. The molecule has 1 aromatic carbocycles. The zero-order valence-corrected chi connectivity index (χ0v) is 17.0. The first kappa shape index (κ1) is 18.5. The summed E-state index contributed by atoms with van der Waals surface area (Å²) >= 11 is 7.67. The molecule has 0 aliphatic rings. The summed E-state index contributed by atoms with van der Waals surface area (Å²) in [6.07, 6.45) is 1.57. The third kappa shape index (κ3) is 3.25. The molecule has 1 amide bonds. The zero-order valence-electron chi connectivity index (χ0n) is 15.5. The first-order valence-corrected chi connectivity index (χ1v) is 9.65. The third-order valence-electron chi connectivity index (χ3n) is 4.37. The van der Waals surface area contributed by atoms with Crippen molar-refractivity contribution < 1.29 is 13.9 Å². The van der Waals surface area contributed by atoms with Gasteiger partial charge in [-0.15, -0.1) is 0 Å². The van der Waals surface area contributed by atoms with E-state index in [2.05, 4.69) is 10.1 Å². The van der Waals surface area contributed by atoms with E-state index >= 15 is 0 Å². The lowest BCUT2D eigenvalue weighted by Gasteiger charge is -2.17. The van der Waals surface area contributed by atoms with Gasteiger partial charge in [0.1, 0.15) is 17.0 Å². The van der Waals surface area contributed by atoms with Gasteiger partial charge in [-0.2, -0.15) is 5.10 Å². The van der Waals surface area contributed by atoms with Crippen LogP contribution in [0.1, 0.15) is 21.9 Å². The molecule has 0 bridgehead atoms. The molecule has 0 saturated heterocycles. The van der Waals surface area contributed by atoms with E-state index in [-0.39, 0.29) is 12.5 Å². The minimum absolute atomic E-state index is 0.223. The van der Waals surface area contributed by atoms with E-state index in [1.807, 2.05) is 13.0 Å². The van der Waals surface area contributed by atoms with Crippen LogP contribution < -0.4 is 9.64 Å². The molecular formula is C19H17ClN4O3S. The number of ether oxygens (including phenoxy) is 1. The monoisotopic (exact) mass is 416 g/mol. The predicted octanol–water partition coefficient (Wildman–Crippen LogP) is 4.44. The zero-order chi connectivity index (χ0) is 19.8. The number of aromatic nitrogens is 3. The molecule has 0 unspecified atom stereocenters. The Morgan fingerprint density at radius 3 is 2.86 bits per heavy atom. The molecule has 0 atom stereocenters. The van der Waals surface area contributed by atoms with Crippen LogP contribution in [-0.2, 0) is 13.6 Å². The van der Waals surface area contributed by atoms with Gasteiger partial charge in [-0.3, -0.25) is 14.4 Å². The second kappa shape index (κ2) is 7.29. The van der Waals surface area contributed by atoms with E-state index in [4.69, 9.17) is 20.8 Å². The molecule has 0 radical (unpaired) electrons. The number of rotatable bonds is 5. The molecule has 4 rings (SSSR count). The van der Waals surface area contributed by atoms with Gasteiger partial charge in [0.05, 0.1) is 29.6 Å². The number of carbonyl (C=O) groups is 1. The lowest BCUT2D eigenvalue weighted by Crippen LogP contribution is -2.30. The average molecular weight is 417 g/mol. The van der Waals surface area contributed by atoms with Crippen molar-refractivity contribution in [1.82, 2.24) is 14.8 Å². The fraction of sp³-hybridized carbons (Fsp3) is 0.211. The molecule has 0 aliphatic carbocycles. The molecule has 4 aromatic rings. The number of hydrogen-bond acceptors (Lipinski definition) is 6. The summed E-state index contributed by atoms with van der Waals surface area (Å²) < 4.78 is 13.3. The minimum atomic E-state index is -0.269. The van der Waals surface area contributed by atoms with E-state index in [9.17, 15) is 4.79 Å². The number of carbonyl (C=O) groups excluding carboxylic acids is 1. The number of hydrogen-bond donors (Lipinski definition) is 0. The van der Waals surface area contributed by atoms with Crippen LogP contribution in [0.2, 0.25) is 5.02 Å². The molecular weight excluding hydrogens is 400 g/mol. The second-order valence-electron chi connectivity index (χ2n) is 6.19. The van der Waals surface area contributed by atoms with Crippen molar-refractivity contribution in [3.8, 4) is 5.75 Å². The van der Waals surface area contributed by atoms with E-state index < -0.39 is 0 Å². The standard InChI is InChI=1S/C19H17ClN4O3S/c1-11-9-14(22-23(11)2)18(25)24(10-12-5-4-8-27-12)19-21-16-15(26-3)7-6-13(20)17(16)28-19/h4-9H,10H2,1-3H3. The van der Waals surface area contributed by atoms with Crippen molar-refractivity contribution in [3.63, 3.8) is 0 Å². The van der Waals surface area contributed by atoms with Crippen LogP contribution in [0, 0.1) is 6.92 Å². The number of nitrogens with zero attached hydrogens (tertiary/aromatic N) is 4. The second-order valence-corrected chi connectivity index (χ2v) is 7.57. The molecule has 0 N–H and O–H groups in total. The maximum absolute atomic E-state index is 13.3. The number of furan rings is 1. The number of aryl methyl sites for hydroxylation is 2. The lowest BCUT2D eigenvalue weighted by atomic mass is 10.3. The van der Waals surface area contributed by atoms with Crippen LogP contribution in [0.3, 0.4) is 0 Å². The number of halogens is 1. The quantitative estimate of drug-likeness (QED) is 0.481. The van der Waals surface area contributed by atoms with E-state index in [0.717, 1.165) is 10.4 Å². The highest BCUT2D eigenvalue weighted by Crippen LogP contribution is 2.39. The van der Waals surface area contributed by atoms with Gasteiger partial charge in [-0.25, -0.2) is 4.98 Å². The molecule has 9 heteroatoms. The summed E-state index contributed by atoms with van der Waals surface area (Å²) in [5.74, 6) is 0.966. The first-order chi connectivity index (χ1) is 13.5. The Hall–Kier alpha value is -2.84. The lowest BCUT2D eigenvalue weighted by molar-refractivity contribution is 0.0977. The highest BCUT2D eigenvalue weighted by atomic mass is 35.5. The maximum atomic E-state index is 13.3. The number of benzene rings is 1. The molecule has 3 heterocycles. The van der Waals surface area contributed by atoms with Crippen molar-refractivity contribution in [1.29, 1.82) is 0 Å². The Morgan fingerprint density at radius 1 is 1.39 bits per heavy atom.